The van der Waals surface area contributed by atoms with Crippen molar-refractivity contribution in [2.24, 2.45) is 0 Å². The summed E-state index contributed by atoms with van der Waals surface area (Å²) in [5.74, 6) is -0.173. The predicted molar refractivity (Wildman–Crippen MR) is 116 cm³/mol. The normalized spacial score (nSPS) is 17.6. The van der Waals surface area contributed by atoms with E-state index < -0.39 is 11.2 Å². The monoisotopic (exact) mass is 429 g/mol. The summed E-state index contributed by atoms with van der Waals surface area (Å²) < 4.78 is 16.9. The zero-order chi connectivity index (χ0) is 21.2. The van der Waals surface area contributed by atoms with Gasteiger partial charge in [0, 0.05) is 36.5 Å². The van der Waals surface area contributed by atoms with Crippen LogP contribution in [0.3, 0.4) is 0 Å². The third-order valence-electron chi connectivity index (χ3n) is 4.69. The third-order valence-corrected chi connectivity index (χ3v) is 5.93. The number of carbonyl (C=O) groups excluding carboxylic acids is 1. The van der Waals surface area contributed by atoms with Crippen molar-refractivity contribution in [3.05, 3.63) is 77.7 Å². The highest BCUT2D eigenvalue weighted by molar-refractivity contribution is 7.91. The Hall–Kier alpha value is -2.55. The molecule has 2 aromatic rings. The van der Waals surface area contributed by atoms with Gasteiger partial charge in [0.2, 0.25) is 0 Å². The highest BCUT2D eigenvalue weighted by Crippen LogP contribution is 2.11. The number of hydrogen-bond acceptors (Lipinski definition) is 6. The van der Waals surface area contributed by atoms with Crippen molar-refractivity contribution in [1.29, 1.82) is 0 Å². The average molecular weight is 430 g/mol. The number of rotatable bonds is 10. The van der Waals surface area contributed by atoms with E-state index in [-0.39, 0.29) is 29.7 Å². The van der Waals surface area contributed by atoms with E-state index in [1.165, 1.54) is 18.1 Å². The van der Waals surface area contributed by atoms with Gasteiger partial charge in [-0.25, -0.2) is 0 Å². The Bertz CT molecular complexity index is 867. The molecule has 0 aromatic carbocycles. The van der Waals surface area contributed by atoms with Gasteiger partial charge in [0.1, 0.15) is 11.5 Å². The Labute approximate surface area is 179 Å². The Kier molecular flexibility index (Phi) is 8.55. The average Bonchev–Trinajstić information content (AvgIpc) is 3.24. The Morgan fingerprint density at radius 1 is 1.40 bits per heavy atom. The van der Waals surface area contributed by atoms with Crippen LogP contribution >= 0.6 is 0 Å². The molecule has 0 saturated carbocycles. The van der Waals surface area contributed by atoms with Gasteiger partial charge >= 0.3 is 0 Å². The number of furan rings is 1. The van der Waals surface area contributed by atoms with Crippen molar-refractivity contribution in [1.82, 2.24) is 15.6 Å². The molecule has 30 heavy (non-hydrogen) atoms. The molecule has 0 radical (unpaired) electrons. The quantitative estimate of drug-likeness (QED) is 0.303. The number of nitrogens with one attached hydrogen (secondary N) is 2. The van der Waals surface area contributed by atoms with E-state index in [0.29, 0.717) is 12.5 Å². The number of pyridine rings is 1. The minimum atomic E-state index is -1.33. The molecule has 0 fully saturated rings. The maximum absolute atomic E-state index is 12.0. The van der Waals surface area contributed by atoms with Crippen molar-refractivity contribution >= 4 is 17.1 Å². The second-order valence-electron chi connectivity index (χ2n) is 7.21. The van der Waals surface area contributed by atoms with Crippen LogP contribution in [0.1, 0.15) is 23.2 Å². The zero-order valence-electron chi connectivity index (χ0n) is 16.8. The SMILES string of the molecule is O=C(C[S+]([O-])Cc1ccoc1)NCC(O)=CCc1cc(CC2CC=CCN2)ccn1. The van der Waals surface area contributed by atoms with E-state index in [0.717, 1.165) is 30.6 Å². The fraction of sp³-hybridized carbons (Fsp3) is 0.364. The number of aromatic nitrogens is 1. The molecule has 1 amide bonds. The van der Waals surface area contributed by atoms with Crippen molar-refractivity contribution in [3.63, 3.8) is 0 Å². The molecule has 1 aliphatic heterocycles. The summed E-state index contributed by atoms with van der Waals surface area (Å²) in [6.45, 7) is 0.904. The molecule has 3 N–H and O–H groups in total. The van der Waals surface area contributed by atoms with Gasteiger partial charge in [-0.2, -0.15) is 0 Å². The Morgan fingerprint density at radius 3 is 3.07 bits per heavy atom. The second-order valence-corrected chi connectivity index (χ2v) is 8.67. The Balaban J connectivity index is 1.40. The lowest BCUT2D eigenvalue weighted by atomic mass is 10.0. The molecule has 3 rings (SSSR count). The molecule has 2 aromatic heterocycles. The number of carbonyl (C=O) groups is 1. The smallest absolute Gasteiger partial charge is 0.270 e. The zero-order valence-corrected chi connectivity index (χ0v) is 17.6. The standard InChI is InChI=1S/C22H27N3O4S/c26-21(13-25-22(27)16-30(28)15-18-7-10-29-14-18)5-4-20-12-17(6-9-24-20)11-19-3-1-2-8-23-19/h1-2,5-7,9-10,12,14,19,23,26H,3-4,8,11,13,15-16H2,(H,25,27). The first-order chi connectivity index (χ1) is 14.6. The van der Waals surface area contributed by atoms with Gasteiger partial charge in [0.15, 0.2) is 5.75 Å². The van der Waals surface area contributed by atoms with Gasteiger partial charge in [-0.3, -0.25) is 9.78 Å². The van der Waals surface area contributed by atoms with Crippen LogP contribution in [0.4, 0.5) is 0 Å². The van der Waals surface area contributed by atoms with E-state index in [9.17, 15) is 14.5 Å². The van der Waals surface area contributed by atoms with Gasteiger partial charge in [0.05, 0.1) is 19.1 Å². The minimum Gasteiger partial charge on any atom is -0.616 e. The van der Waals surface area contributed by atoms with E-state index in [2.05, 4.69) is 27.8 Å². The van der Waals surface area contributed by atoms with Gasteiger partial charge < -0.3 is 24.7 Å². The maximum Gasteiger partial charge on any atom is 0.270 e. The summed E-state index contributed by atoms with van der Waals surface area (Å²) >= 11 is -1.33. The first-order valence-corrected chi connectivity index (χ1v) is 11.4. The van der Waals surface area contributed by atoms with Gasteiger partial charge in [-0.1, -0.05) is 12.2 Å². The topological polar surface area (TPSA) is 110 Å². The molecule has 0 bridgehead atoms. The summed E-state index contributed by atoms with van der Waals surface area (Å²) in [6, 6.07) is 6.21. The summed E-state index contributed by atoms with van der Waals surface area (Å²) in [5, 5.41) is 16.1. The molecule has 160 valence electrons. The molecular weight excluding hydrogens is 402 g/mol. The highest BCUT2D eigenvalue weighted by Gasteiger charge is 2.15. The molecule has 7 nitrogen and oxygen atoms in total. The maximum atomic E-state index is 12.0. The van der Waals surface area contributed by atoms with E-state index >= 15 is 0 Å². The minimum absolute atomic E-state index is 0.000235. The van der Waals surface area contributed by atoms with Crippen LogP contribution in [0.5, 0.6) is 0 Å². The van der Waals surface area contributed by atoms with Crippen LogP contribution in [0.2, 0.25) is 0 Å². The summed E-state index contributed by atoms with van der Waals surface area (Å²) in [4.78, 5) is 16.3. The number of aliphatic hydroxyl groups is 1. The van der Waals surface area contributed by atoms with Crippen LogP contribution < -0.4 is 10.6 Å². The largest absolute Gasteiger partial charge is 0.616 e. The van der Waals surface area contributed by atoms with Gasteiger partial charge in [-0.05, 0) is 53.9 Å². The van der Waals surface area contributed by atoms with E-state index in [1.54, 1.807) is 18.3 Å². The van der Waals surface area contributed by atoms with Crippen molar-refractivity contribution in [2.45, 2.75) is 31.1 Å². The summed E-state index contributed by atoms with van der Waals surface area (Å²) in [5.41, 5.74) is 2.85. The van der Waals surface area contributed by atoms with Crippen molar-refractivity contribution in [2.75, 3.05) is 18.8 Å². The first kappa shape index (κ1) is 22.1. The first-order valence-electron chi connectivity index (χ1n) is 9.91. The molecule has 2 atom stereocenters. The summed E-state index contributed by atoms with van der Waals surface area (Å²) in [7, 11) is 0. The van der Waals surface area contributed by atoms with Crippen LogP contribution in [0.15, 0.2) is 65.3 Å². The molecule has 0 spiro atoms. The third kappa shape index (κ3) is 7.70. The molecule has 0 aliphatic carbocycles. The predicted octanol–water partition coefficient (Wildman–Crippen LogP) is 2.18. The number of hydrogen-bond donors (Lipinski definition) is 3. The van der Waals surface area contributed by atoms with Crippen LogP contribution in [-0.4, -0.2) is 45.4 Å². The molecule has 0 saturated heterocycles. The molecule has 8 heteroatoms. The molecule has 2 unspecified atom stereocenters. The number of nitrogens with zero attached hydrogens (tertiary/aromatic N) is 1. The van der Waals surface area contributed by atoms with E-state index in [1.807, 2.05) is 12.1 Å². The highest BCUT2D eigenvalue weighted by atomic mass is 32.2. The van der Waals surface area contributed by atoms with Crippen LogP contribution in [0.25, 0.3) is 0 Å². The van der Waals surface area contributed by atoms with Crippen LogP contribution in [-0.2, 0) is 34.6 Å². The molecule has 1 aliphatic rings. The van der Waals surface area contributed by atoms with Crippen LogP contribution in [0, 0.1) is 0 Å². The fourth-order valence-electron chi connectivity index (χ4n) is 3.16. The summed E-state index contributed by atoms with van der Waals surface area (Å²) in [6.07, 6.45) is 13.2. The molecule has 3 heterocycles. The van der Waals surface area contributed by atoms with Crippen molar-refractivity contribution in [3.8, 4) is 0 Å². The van der Waals surface area contributed by atoms with Gasteiger partial charge in [-0.15, -0.1) is 0 Å². The van der Waals surface area contributed by atoms with E-state index in [4.69, 9.17) is 4.42 Å². The number of amides is 1. The van der Waals surface area contributed by atoms with Crippen molar-refractivity contribution < 1.29 is 18.9 Å². The molecular formula is C22H27N3O4S. The number of allylic oxidation sites excluding steroid dienone is 1. The second kappa shape index (κ2) is 11.6. The van der Waals surface area contributed by atoms with Gasteiger partial charge in [0.25, 0.3) is 5.91 Å². The fourth-order valence-corrected chi connectivity index (χ4v) is 4.19. The lowest BCUT2D eigenvalue weighted by molar-refractivity contribution is -0.118. The number of aliphatic hydroxyl groups excluding tert-OH is 1. The lowest BCUT2D eigenvalue weighted by Crippen LogP contribution is -2.33. The Morgan fingerprint density at radius 2 is 2.30 bits per heavy atom. The lowest BCUT2D eigenvalue weighted by Gasteiger charge is -2.19.